The molecule has 0 spiro atoms. The molecule has 2 aromatic heterocycles. The van der Waals surface area contributed by atoms with Gasteiger partial charge in [-0.3, -0.25) is 35.0 Å². The van der Waals surface area contributed by atoms with Crippen molar-refractivity contribution >= 4 is 35.0 Å². The lowest BCUT2D eigenvalue weighted by Gasteiger charge is -2.07. The number of benzene rings is 1. The summed E-state index contributed by atoms with van der Waals surface area (Å²) in [5, 5.41) is 19.3. The van der Waals surface area contributed by atoms with Crippen LogP contribution in [0.2, 0.25) is 0 Å². The summed E-state index contributed by atoms with van der Waals surface area (Å²) in [6, 6.07) is 7.06. The van der Waals surface area contributed by atoms with Gasteiger partial charge in [0.1, 0.15) is 0 Å². The Balaban J connectivity index is 1.57. The first kappa shape index (κ1) is 19.2. The molecule has 0 saturated carbocycles. The lowest BCUT2D eigenvalue weighted by molar-refractivity contribution is -0.384. The molecule has 1 aromatic carbocycles. The summed E-state index contributed by atoms with van der Waals surface area (Å²) < 4.78 is 1.73. The third kappa shape index (κ3) is 4.23. The minimum atomic E-state index is -0.662. The molecule has 11 nitrogen and oxygen atoms in total. The summed E-state index contributed by atoms with van der Waals surface area (Å²) in [4.78, 5) is 38.4. The van der Waals surface area contributed by atoms with Gasteiger partial charge in [0.15, 0.2) is 5.16 Å². The standard InChI is InChI=1S/C16H15N7O4S/c1-9-6-10(2)22-15(17-9)20-21-16(22)28-8-13(24)18-19-14(25)11-4-3-5-12(7-11)23(26)27/h3-7H,8H2,1-2H3,(H,18,24)(H,19,25). The second-order valence-electron chi connectivity index (χ2n) is 5.76. The molecule has 0 unspecified atom stereocenters. The van der Waals surface area contributed by atoms with E-state index in [1.165, 1.54) is 18.2 Å². The highest BCUT2D eigenvalue weighted by Gasteiger charge is 2.14. The van der Waals surface area contributed by atoms with Crippen LogP contribution in [0.4, 0.5) is 5.69 Å². The van der Waals surface area contributed by atoms with Crippen LogP contribution in [0.1, 0.15) is 21.7 Å². The average molecular weight is 401 g/mol. The van der Waals surface area contributed by atoms with Crippen LogP contribution in [-0.2, 0) is 4.79 Å². The van der Waals surface area contributed by atoms with Crippen molar-refractivity contribution in [1.29, 1.82) is 0 Å². The maximum atomic E-state index is 12.0. The smallest absolute Gasteiger partial charge is 0.270 e. The Labute approximate surface area is 162 Å². The molecule has 0 aliphatic carbocycles. The van der Waals surface area contributed by atoms with E-state index in [0.29, 0.717) is 10.9 Å². The van der Waals surface area contributed by atoms with Gasteiger partial charge < -0.3 is 0 Å². The quantitative estimate of drug-likeness (QED) is 0.369. The van der Waals surface area contributed by atoms with Crippen molar-refractivity contribution in [3.05, 3.63) is 57.4 Å². The van der Waals surface area contributed by atoms with Gasteiger partial charge in [0, 0.05) is 29.1 Å². The van der Waals surface area contributed by atoms with Crippen molar-refractivity contribution in [2.24, 2.45) is 0 Å². The zero-order valence-electron chi connectivity index (χ0n) is 14.9. The number of thioether (sulfide) groups is 1. The van der Waals surface area contributed by atoms with Crippen LogP contribution in [-0.4, -0.2) is 42.1 Å². The van der Waals surface area contributed by atoms with Gasteiger partial charge in [0.05, 0.1) is 10.7 Å². The molecule has 0 fully saturated rings. The second kappa shape index (κ2) is 8.00. The van der Waals surface area contributed by atoms with Crippen LogP contribution in [0.5, 0.6) is 0 Å². The first-order chi connectivity index (χ1) is 13.3. The van der Waals surface area contributed by atoms with Gasteiger partial charge in [-0.15, -0.1) is 10.2 Å². The molecule has 12 heteroatoms. The van der Waals surface area contributed by atoms with Crippen LogP contribution in [0.25, 0.3) is 5.78 Å². The number of carbonyl (C=O) groups is 2. The molecule has 0 atom stereocenters. The number of hydrogen-bond donors (Lipinski definition) is 2. The van der Waals surface area contributed by atoms with E-state index < -0.39 is 16.7 Å². The number of nitro groups is 1. The van der Waals surface area contributed by atoms with E-state index in [1.807, 2.05) is 19.9 Å². The molecule has 28 heavy (non-hydrogen) atoms. The van der Waals surface area contributed by atoms with E-state index in [-0.39, 0.29) is 17.0 Å². The maximum Gasteiger partial charge on any atom is 0.270 e. The summed E-state index contributed by atoms with van der Waals surface area (Å²) in [5.41, 5.74) is 6.02. The second-order valence-corrected chi connectivity index (χ2v) is 6.70. The van der Waals surface area contributed by atoms with Crippen molar-refractivity contribution in [2.75, 3.05) is 5.75 Å². The van der Waals surface area contributed by atoms with E-state index in [1.54, 1.807) is 4.40 Å². The highest BCUT2D eigenvalue weighted by Crippen LogP contribution is 2.18. The molecule has 3 aromatic rings. The molecule has 2 amide bonds. The Kier molecular flexibility index (Phi) is 5.49. The van der Waals surface area contributed by atoms with Gasteiger partial charge in [-0.2, -0.15) is 0 Å². The summed E-state index contributed by atoms with van der Waals surface area (Å²) in [7, 11) is 0. The Morgan fingerprint density at radius 1 is 1.21 bits per heavy atom. The Bertz CT molecular complexity index is 1080. The van der Waals surface area contributed by atoms with E-state index in [0.717, 1.165) is 29.2 Å². The summed E-state index contributed by atoms with van der Waals surface area (Å²) in [6.07, 6.45) is 0. The number of nitro benzene ring substituents is 1. The van der Waals surface area contributed by atoms with Gasteiger partial charge in [0.25, 0.3) is 17.4 Å². The highest BCUT2D eigenvalue weighted by molar-refractivity contribution is 7.99. The van der Waals surface area contributed by atoms with E-state index in [2.05, 4.69) is 26.0 Å². The lowest BCUT2D eigenvalue weighted by Crippen LogP contribution is -2.42. The number of fused-ring (bicyclic) bond motifs is 1. The minimum absolute atomic E-state index is 0.0245. The summed E-state index contributed by atoms with van der Waals surface area (Å²) in [6.45, 7) is 3.74. The molecule has 0 aliphatic heterocycles. The number of hydrogen-bond acceptors (Lipinski definition) is 8. The minimum Gasteiger partial charge on any atom is -0.272 e. The maximum absolute atomic E-state index is 12.0. The predicted octanol–water partition coefficient (Wildman–Crippen LogP) is 1.20. The number of hydrazine groups is 1. The van der Waals surface area contributed by atoms with E-state index >= 15 is 0 Å². The van der Waals surface area contributed by atoms with E-state index in [9.17, 15) is 19.7 Å². The van der Waals surface area contributed by atoms with Crippen LogP contribution < -0.4 is 10.9 Å². The molecule has 2 N–H and O–H groups in total. The highest BCUT2D eigenvalue weighted by atomic mass is 32.2. The molecule has 144 valence electrons. The molecule has 2 heterocycles. The fourth-order valence-corrected chi connectivity index (χ4v) is 3.20. The fraction of sp³-hybridized carbons (Fsp3) is 0.188. The SMILES string of the molecule is Cc1cc(C)n2c(SCC(=O)NNC(=O)c3cccc([N+](=O)[O-])c3)nnc2n1. The Hall–Kier alpha value is -3.54. The van der Waals surface area contributed by atoms with Gasteiger partial charge in [-0.25, -0.2) is 4.98 Å². The molecular formula is C16H15N7O4S. The first-order valence-electron chi connectivity index (χ1n) is 8.01. The summed E-state index contributed by atoms with van der Waals surface area (Å²) >= 11 is 1.14. The third-order valence-corrected chi connectivity index (χ3v) is 4.56. The largest absolute Gasteiger partial charge is 0.272 e. The van der Waals surface area contributed by atoms with Crippen molar-refractivity contribution in [3.8, 4) is 0 Å². The van der Waals surface area contributed by atoms with Crippen LogP contribution >= 0.6 is 11.8 Å². The van der Waals surface area contributed by atoms with E-state index in [4.69, 9.17) is 0 Å². The number of nitrogens with one attached hydrogen (secondary N) is 2. The molecule has 0 saturated heterocycles. The zero-order chi connectivity index (χ0) is 20.3. The number of nitrogens with zero attached hydrogens (tertiary/aromatic N) is 5. The number of aryl methyl sites for hydroxylation is 2. The molecule has 3 rings (SSSR count). The van der Waals surface area contributed by atoms with Crippen molar-refractivity contribution in [3.63, 3.8) is 0 Å². The molecule has 0 radical (unpaired) electrons. The normalized spacial score (nSPS) is 10.6. The number of aromatic nitrogens is 4. The predicted molar refractivity (Wildman–Crippen MR) is 99.7 cm³/mol. The van der Waals surface area contributed by atoms with Gasteiger partial charge in [-0.05, 0) is 26.0 Å². The molecule has 0 bridgehead atoms. The molecule has 0 aliphatic rings. The zero-order valence-corrected chi connectivity index (χ0v) is 15.7. The number of amides is 2. The molecular weight excluding hydrogens is 386 g/mol. The monoisotopic (exact) mass is 401 g/mol. The van der Waals surface area contributed by atoms with Gasteiger partial charge >= 0.3 is 0 Å². The van der Waals surface area contributed by atoms with Crippen LogP contribution in [0, 0.1) is 24.0 Å². The Morgan fingerprint density at radius 2 is 2.00 bits per heavy atom. The van der Waals surface area contributed by atoms with Gasteiger partial charge in [0.2, 0.25) is 5.91 Å². The average Bonchev–Trinajstić information content (AvgIpc) is 3.07. The topological polar surface area (TPSA) is 144 Å². The fourth-order valence-electron chi connectivity index (χ4n) is 2.42. The van der Waals surface area contributed by atoms with Crippen LogP contribution in [0.15, 0.2) is 35.5 Å². The first-order valence-corrected chi connectivity index (χ1v) is 8.99. The number of carbonyl (C=O) groups excluding carboxylic acids is 2. The number of rotatable bonds is 5. The van der Waals surface area contributed by atoms with Crippen molar-refractivity contribution in [2.45, 2.75) is 19.0 Å². The number of non-ortho nitro benzene ring substituents is 1. The Morgan fingerprint density at radius 3 is 2.75 bits per heavy atom. The van der Waals surface area contributed by atoms with Crippen LogP contribution in [0.3, 0.4) is 0 Å². The third-order valence-electron chi connectivity index (χ3n) is 3.63. The summed E-state index contributed by atoms with van der Waals surface area (Å²) in [5.74, 6) is -0.716. The van der Waals surface area contributed by atoms with Crippen molar-refractivity contribution in [1.82, 2.24) is 30.4 Å². The van der Waals surface area contributed by atoms with Gasteiger partial charge in [-0.1, -0.05) is 17.8 Å². The van der Waals surface area contributed by atoms with Crippen molar-refractivity contribution < 1.29 is 14.5 Å². The lowest BCUT2D eigenvalue weighted by atomic mass is 10.2.